The van der Waals surface area contributed by atoms with E-state index < -0.39 is 15.1 Å². The summed E-state index contributed by atoms with van der Waals surface area (Å²) < 4.78 is 34.1. The van der Waals surface area contributed by atoms with Crippen LogP contribution in [0.2, 0.25) is 0 Å². The van der Waals surface area contributed by atoms with Crippen molar-refractivity contribution in [2.45, 2.75) is 95.5 Å². The molecule has 2 aromatic rings. The van der Waals surface area contributed by atoms with Crippen molar-refractivity contribution in [2.75, 3.05) is 0 Å². The van der Waals surface area contributed by atoms with E-state index in [0.29, 0.717) is 5.82 Å². The van der Waals surface area contributed by atoms with Crippen LogP contribution < -0.4 is 0 Å². The SMILES string of the molecule is Cc1nc(S(=O)(=O)C(C)c2nc(C(C)(C)C)no2)n(C2CCCCC2)c1C. The highest BCUT2D eigenvalue weighted by molar-refractivity contribution is 7.91. The molecule has 1 atom stereocenters. The molecule has 2 aromatic heterocycles. The molecule has 1 unspecified atom stereocenters. The first-order valence-electron chi connectivity index (χ1n) is 9.67. The Morgan fingerprint density at radius 2 is 1.74 bits per heavy atom. The van der Waals surface area contributed by atoms with Crippen LogP contribution in [0.3, 0.4) is 0 Å². The highest BCUT2D eigenvalue weighted by Gasteiger charge is 2.37. The Morgan fingerprint density at radius 1 is 1.11 bits per heavy atom. The lowest BCUT2D eigenvalue weighted by Gasteiger charge is -2.26. The maximum absolute atomic E-state index is 13.4. The van der Waals surface area contributed by atoms with Crippen molar-refractivity contribution in [1.29, 1.82) is 0 Å². The van der Waals surface area contributed by atoms with Gasteiger partial charge in [-0.1, -0.05) is 45.2 Å². The highest BCUT2D eigenvalue weighted by atomic mass is 32.2. The molecule has 0 amide bonds. The van der Waals surface area contributed by atoms with E-state index in [-0.39, 0.29) is 22.5 Å². The molecule has 7 nitrogen and oxygen atoms in total. The molecular formula is C19H30N4O3S. The van der Waals surface area contributed by atoms with Gasteiger partial charge in [-0.05, 0) is 33.6 Å². The van der Waals surface area contributed by atoms with Crippen LogP contribution in [0.15, 0.2) is 9.68 Å². The molecule has 150 valence electrons. The number of sulfone groups is 1. The maximum atomic E-state index is 13.4. The average molecular weight is 395 g/mol. The molecule has 0 radical (unpaired) electrons. The number of hydrogen-bond donors (Lipinski definition) is 0. The van der Waals surface area contributed by atoms with Crippen LogP contribution in [0.1, 0.15) is 94.2 Å². The first-order chi connectivity index (χ1) is 12.5. The molecule has 0 saturated heterocycles. The van der Waals surface area contributed by atoms with E-state index in [2.05, 4.69) is 15.1 Å². The monoisotopic (exact) mass is 394 g/mol. The van der Waals surface area contributed by atoms with Gasteiger partial charge >= 0.3 is 0 Å². The molecule has 27 heavy (non-hydrogen) atoms. The van der Waals surface area contributed by atoms with Crippen LogP contribution in [0.25, 0.3) is 0 Å². The van der Waals surface area contributed by atoms with E-state index >= 15 is 0 Å². The molecule has 0 N–H and O–H groups in total. The molecule has 8 heteroatoms. The third-order valence-electron chi connectivity index (χ3n) is 5.47. The van der Waals surface area contributed by atoms with E-state index in [0.717, 1.165) is 37.1 Å². The predicted octanol–water partition coefficient (Wildman–Crippen LogP) is 4.22. The number of nitrogens with zero attached hydrogens (tertiary/aromatic N) is 4. The Labute approximate surface area is 161 Å². The second kappa shape index (κ2) is 7.04. The lowest BCUT2D eigenvalue weighted by Crippen LogP contribution is -2.22. The van der Waals surface area contributed by atoms with Crippen molar-refractivity contribution >= 4 is 9.84 Å². The van der Waals surface area contributed by atoms with Crippen molar-refractivity contribution in [1.82, 2.24) is 19.7 Å². The van der Waals surface area contributed by atoms with Crippen LogP contribution in [-0.2, 0) is 15.3 Å². The first kappa shape index (κ1) is 20.0. The Kier molecular flexibility index (Phi) is 5.22. The van der Waals surface area contributed by atoms with E-state index in [9.17, 15) is 8.42 Å². The van der Waals surface area contributed by atoms with Gasteiger partial charge in [0.05, 0.1) is 5.69 Å². The molecule has 0 aliphatic heterocycles. The first-order valence-corrected chi connectivity index (χ1v) is 11.2. The standard InChI is InChI=1S/C19H30N4O3S/c1-12-13(2)23(15-10-8-7-9-11-15)18(20-12)27(24,25)14(3)16-21-17(22-26-16)19(4,5)6/h14-15H,7-11H2,1-6H3. The summed E-state index contributed by atoms with van der Waals surface area (Å²) in [5, 5.41) is 3.16. The van der Waals surface area contributed by atoms with Gasteiger partial charge in [0, 0.05) is 17.2 Å². The summed E-state index contributed by atoms with van der Waals surface area (Å²) in [5.41, 5.74) is 1.37. The molecular weight excluding hydrogens is 364 g/mol. The summed E-state index contributed by atoms with van der Waals surface area (Å²) in [4.78, 5) is 8.79. The summed E-state index contributed by atoms with van der Waals surface area (Å²) in [7, 11) is -3.75. The molecule has 1 saturated carbocycles. The van der Waals surface area contributed by atoms with E-state index in [1.807, 2.05) is 39.2 Å². The van der Waals surface area contributed by atoms with Crippen LogP contribution in [0, 0.1) is 13.8 Å². The van der Waals surface area contributed by atoms with Gasteiger partial charge in [0.25, 0.3) is 0 Å². The molecule has 2 heterocycles. The molecule has 3 rings (SSSR count). The minimum atomic E-state index is -3.75. The third kappa shape index (κ3) is 3.68. The van der Waals surface area contributed by atoms with Gasteiger partial charge in [0.2, 0.25) is 20.9 Å². The summed E-state index contributed by atoms with van der Waals surface area (Å²) >= 11 is 0. The van der Waals surface area contributed by atoms with Crippen molar-refractivity contribution < 1.29 is 12.9 Å². The van der Waals surface area contributed by atoms with Gasteiger partial charge < -0.3 is 9.09 Å². The zero-order valence-electron chi connectivity index (χ0n) is 17.1. The van der Waals surface area contributed by atoms with Gasteiger partial charge in [0.1, 0.15) is 5.25 Å². The number of aryl methyl sites for hydroxylation is 1. The van der Waals surface area contributed by atoms with Crippen LogP contribution in [-0.4, -0.2) is 28.1 Å². The van der Waals surface area contributed by atoms with Crippen molar-refractivity contribution in [3.63, 3.8) is 0 Å². The van der Waals surface area contributed by atoms with Gasteiger partial charge in [-0.2, -0.15) is 4.98 Å². The zero-order valence-corrected chi connectivity index (χ0v) is 17.9. The minimum Gasteiger partial charge on any atom is -0.338 e. The summed E-state index contributed by atoms with van der Waals surface area (Å²) in [5.74, 6) is 0.621. The van der Waals surface area contributed by atoms with Crippen LogP contribution >= 0.6 is 0 Å². The molecule has 0 aromatic carbocycles. The second-order valence-corrected chi connectivity index (χ2v) is 10.8. The zero-order chi connectivity index (χ0) is 20.0. The van der Waals surface area contributed by atoms with Gasteiger partial charge in [-0.3, -0.25) is 0 Å². The maximum Gasteiger partial charge on any atom is 0.245 e. The molecule has 1 fully saturated rings. The normalized spacial score (nSPS) is 18.0. The Hall–Kier alpha value is -1.70. The molecule has 0 bridgehead atoms. The largest absolute Gasteiger partial charge is 0.338 e. The van der Waals surface area contributed by atoms with Gasteiger partial charge in [-0.15, -0.1) is 0 Å². The summed E-state index contributed by atoms with van der Waals surface area (Å²) in [6.07, 6.45) is 5.42. The van der Waals surface area contributed by atoms with Crippen LogP contribution in [0.4, 0.5) is 0 Å². The Bertz CT molecular complexity index is 915. The topological polar surface area (TPSA) is 90.9 Å². The van der Waals surface area contributed by atoms with Crippen molar-refractivity contribution in [2.24, 2.45) is 0 Å². The fraction of sp³-hybridized carbons (Fsp3) is 0.737. The Morgan fingerprint density at radius 3 is 2.30 bits per heavy atom. The predicted molar refractivity (Wildman–Crippen MR) is 102 cm³/mol. The number of aromatic nitrogens is 4. The van der Waals surface area contributed by atoms with Crippen molar-refractivity contribution in [3.8, 4) is 0 Å². The van der Waals surface area contributed by atoms with E-state index in [1.165, 1.54) is 6.42 Å². The quantitative estimate of drug-likeness (QED) is 0.771. The number of rotatable bonds is 4. The fourth-order valence-corrected chi connectivity index (χ4v) is 5.06. The van der Waals surface area contributed by atoms with Crippen molar-refractivity contribution in [3.05, 3.63) is 23.1 Å². The van der Waals surface area contributed by atoms with E-state index in [4.69, 9.17) is 4.52 Å². The smallest absolute Gasteiger partial charge is 0.245 e. The summed E-state index contributed by atoms with van der Waals surface area (Å²) in [6, 6.07) is 0.185. The lowest BCUT2D eigenvalue weighted by molar-refractivity contribution is 0.328. The van der Waals surface area contributed by atoms with Gasteiger partial charge in [-0.25, -0.2) is 13.4 Å². The van der Waals surface area contributed by atoms with Gasteiger partial charge in [0.15, 0.2) is 5.82 Å². The molecule has 0 spiro atoms. The second-order valence-electron chi connectivity index (χ2n) is 8.62. The molecule has 1 aliphatic rings. The molecule has 1 aliphatic carbocycles. The number of imidazole rings is 1. The fourth-order valence-electron chi connectivity index (χ4n) is 3.56. The minimum absolute atomic E-state index is 0.119. The summed E-state index contributed by atoms with van der Waals surface area (Å²) in [6.45, 7) is 11.3. The average Bonchev–Trinajstić information content (AvgIpc) is 3.21. The third-order valence-corrected chi connectivity index (χ3v) is 7.40. The highest BCUT2D eigenvalue weighted by Crippen LogP contribution is 2.36. The Balaban J connectivity index is 2.02. The lowest BCUT2D eigenvalue weighted by atomic mass is 9.95. The van der Waals surface area contributed by atoms with E-state index in [1.54, 1.807) is 6.92 Å². The van der Waals surface area contributed by atoms with Crippen LogP contribution in [0.5, 0.6) is 0 Å². The number of hydrogen-bond acceptors (Lipinski definition) is 6.